The fourth-order valence-electron chi connectivity index (χ4n) is 2.58. The molecule has 0 saturated heterocycles. The molecule has 2 aromatic carbocycles. The molecule has 0 saturated carbocycles. The molecule has 1 unspecified atom stereocenters. The van der Waals surface area contributed by atoms with E-state index in [0.29, 0.717) is 28.8 Å². The number of nitrogens with one attached hydrogen (secondary N) is 2. The third-order valence-electron chi connectivity index (χ3n) is 4.11. The highest BCUT2D eigenvalue weighted by atomic mass is 16.5. The van der Waals surface area contributed by atoms with Crippen molar-refractivity contribution in [1.29, 1.82) is 0 Å². The molecule has 3 rings (SSSR count). The molecule has 2 amide bonds. The molecule has 0 fully saturated rings. The molecule has 0 aromatic heterocycles. The highest BCUT2D eigenvalue weighted by Gasteiger charge is 2.23. The second-order valence-electron chi connectivity index (χ2n) is 6.52. The van der Waals surface area contributed by atoms with Gasteiger partial charge in [-0.05, 0) is 48.7 Å². The summed E-state index contributed by atoms with van der Waals surface area (Å²) in [6.45, 7) is 5.82. The molecule has 2 N–H and O–H groups in total. The lowest BCUT2D eigenvalue weighted by molar-refractivity contribution is -0.122. The zero-order chi connectivity index (χ0) is 18.7. The normalized spacial score (nSPS) is 15.7. The fraction of sp³-hybridized carbons (Fsp3) is 0.300. The first-order chi connectivity index (χ1) is 12.4. The summed E-state index contributed by atoms with van der Waals surface area (Å²) in [5, 5.41) is 5.50. The fourth-order valence-corrected chi connectivity index (χ4v) is 2.58. The summed E-state index contributed by atoms with van der Waals surface area (Å²) in [7, 11) is 0. The molecule has 6 nitrogen and oxygen atoms in total. The Balaban J connectivity index is 1.57. The van der Waals surface area contributed by atoms with Crippen molar-refractivity contribution in [2.75, 3.05) is 17.2 Å². The average Bonchev–Trinajstić information content (AvgIpc) is 2.61. The number of ether oxygens (including phenoxy) is 2. The van der Waals surface area contributed by atoms with Gasteiger partial charge in [0, 0.05) is 5.69 Å². The van der Waals surface area contributed by atoms with Gasteiger partial charge in [-0.15, -0.1) is 0 Å². The Labute approximate surface area is 152 Å². The molecule has 1 atom stereocenters. The number of anilines is 2. The largest absolute Gasteiger partial charge is 0.484 e. The van der Waals surface area contributed by atoms with Gasteiger partial charge in [-0.1, -0.05) is 26.0 Å². The highest BCUT2D eigenvalue weighted by Crippen LogP contribution is 2.32. The number of carbonyl (C=O) groups is 2. The molecule has 0 aliphatic carbocycles. The minimum Gasteiger partial charge on any atom is -0.484 e. The minimum atomic E-state index is -0.529. The molecular formula is C20H22N2O4. The van der Waals surface area contributed by atoms with E-state index in [1.165, 1.54) is 5.56 Å². The van der Waals surface area contributed by atoms with Crippen LogP contribution in [0.4, 0.5) is 11.4 Å². The summed E-state index contributed by atoms with van der Waals surface area (Å²) >= 11 is 0. The lowest BCUT2D eigenvalue weighted by Gasteiger charge is -2.23. The number of fused-ring (bicyclic) bond motifs is 1. The summed E-state index contributed by atoms with van der Waals surface area (Å²) in [4.78, 5) is 23.8. The number of hydrogen-bond donors (Lipinski definition) is 2. The van der Waals surface area contributed by atoms with Gasteiger partial charge in [-0.25, -0.2) is 0 Å². The monoisotopic (exact) mass is 354 g/mol. The van der Waals surface area contributed by atoms with Crippen molar-refractivity contribution in [3.8, 4) is 11.5 Å². The number of rotatable bonds is 5. The third-order valence-corrected chi connectivity index (χ3v) is 4.11. The van der Waals surface area contributed by atoms with Gasteiger partial charge >= 0.3 is 0 Å². The first-order valence-corrected chi connectivity index (χ1v) is 8.56. The van der Waals surface area contributed by atoms with Gasteiger partial charge < -0.3 is 20.1 Å². The maximum Gasteiger partial charge on any atom is 0.265 e. The molecule has 2 aromatic rings. The average molecular weight is 354 g/mol. The van der Waals surface area contributed by atoms with Crippen molar-refractivity contribution in [2.45, 2.75) is 32.8 Å². The van der Waals surface area contributed by atoms with Crippen LogP contribution in [0.1, 0.15) is 32.3 Å². The molecule has 6 heteroatoms. The summed E-state index contributed by atoms with van der Waals surface area (Å²) in [6, 6.07) is 12.8. The maximum absolute atomic E-state index is 12.1. The molecule has 0 spiro atoms. The number of carbonyl (C=O) groups excluding carboxylic acids is 2. The van der Waals surface area contributed by atoms with Gasteiger partial charge in [0.15, 0.2) is 12.7 Å². The summed E-state index contributed by atoms with van der Waals surface area (Å²) < 4.78 is 11.0. The van der Waals surface area contributed by atoms with Crippen LogP contribution in [0.25, 0.3) is 0 Å². The van der Waals surface area contributed by atoms with Crippen LogP contribution >= 0.6 is 0 Å². The van der Waals surface area contributed by atoms with E-state index in [-0.39, 0.29) is 18.4 Å². The SMILES string of the molecule is CC1Oc2ccc(NC(=O)COc3ccc(C(C)C)cc3)cc2NC1=O. The quantitative estimate of drug-likeness (QED) is 0.861. The van der Waals surface area contributed by atoms with Crippen LogP contribution < -0.4 is 20.1 Å². The van der Waals surface area contributed by atoms with Crippen LogP contribution in [0.3, 0.4) is 0 Å². The van der Waals surface area contributed by atoms with Crippen LogP contribution in [0.5, 0.6) is 11.5 Å². The summed E-state index contributed by atoms with van der Waals surface area (Å²) in [5.41, 5.74) is 2.32. The van der Waals surface area contributed by atoms with E-state index < -0.39 is 6.10 Å². The van der Waals surface area contributed by atoms with Gasteiger partial charge in [0.05, 0.1) is 5.69 Å². The number of amides is 2. The van der Waals surface area contributed by atoms with E-state index >= 15 is 0 Å². The molecule has 136 valence electrons. The molecule has 1 heterocycles. The van der Waals surface area contributed by atoms with Gasteiger partial charge in [0.2, 0.25) is 0 Å². The Bertz CT molecular complexity index is 815. The van der Waals surface area contributed by atoms with E-state index in [2.05, 4.69) is 24.5 Å². The van der Waals surface area contributed by atoms with Gasteiger partial charge in [0.25, 0.3) is 11.8 Å². The first kappa shape index (κ1) is 17.8. The Hall–Kier alpha value is -3.02. The zero-order valence-electron chi connectivity index (χ0n) is 15.0. The van der Waals surface area contributed by atoms with E-state index in [0.717, 1.165) is 0 Å². The van der Waals surface area contributed by atoms with E-state index in [9.17, 15) is 9.59 Å². The van der Waals surface area contributed by atoms with Crippen LogP contribution in [0.15, 0.2) is 42.5 Å². The molecule has 0 bridgehead atoms. The molecule has 1 aliphatic heterocycles. The van der Waals surface area contributed by atoms with Crippen molar-refractivity contribution in [2.24, 2.45) is 0 Å². The Morgan fingerprint density at radius 3 is 2.65 bits per heavy atom. The van der Waals surface area contributed by atoms with Crippen molar-refractivity contribution in [3.05, 3.63) is 48.0 Å². The van der Waals surface area contributed by atoms with Crippen LogP contribution in [0.2, 0.25) is 0 Å². The molecular weight excluding hydrogens is 332 g/mol. The van der Waals surface area contributed by atoms with Gasteiger partial charge in [0.1, 0.15) is 11.5 Å². The van der Waals surface area contributed by atoms with Crippen LogP contribution in [-0.4, -0.2) is 24.5 Å². The molecule has 26 heavy (non-hydrogen) atoms. The van der Waals surface area contributed by atoms with Crippen molar-refractivity contribution in [3.63, 3.8) is 0 Å². The summed E-state index contributed by atoms with van der Waals surface area (Å²) in [5.74, 6) is 1.17. The lowest BCUT2D eigenvalue weighted by Crippen LogP contribution is -2.34. The van der Waals surface area contributed by atoms with E-state index in [1.807, 2.05) is 24.3 Å². The Kier molecular flexibility index (Phi) is 5.11. The third kappa shape index (κ3) is 4.14. The minimum absolute atomic E-state index is 0.0992. The Morgan fingerprint density at radius 1 is 1.23 bits per heavy atom. The second-order valence-corrected chi connectivity index (χ2v) is 6.52. The van der Waals surface area contributed by atoms with Crippen LogP contribution in [0, 0.1) is 0 Å². The van der Waals surface area contributed by atoms with Crippen molar-refractivity contribution < 1.29 is 19.1 Å². The van der Waals surface area contributed by atoms with E-state index in [4.69, 9.17) is 9.47 Å². The second kappa shape index (κ2) is 7.47. The highest BCUT2D eigenvalue weighted by molar-refractivity contribution is 5.99. The predicted octanol–water partition coefficient (Wildman–Crippen LogP) is 3.55. The van der Waals surface area contributed by atoms with Gasteiger partial charge in [-0.2, -0.15) is 0 Å². The Morgan fingerprint density at radius 2 is 1.96 bits per heavy atom. The topological polar surface area (TPSA) is 76.7 Å². The van der Waals surface area contributed by atoms with E-state index in [1.54, 1.807) is 25.1 Å². The summed E-state index contributed by atoms with van der Waals surface area (Å²) in [6.07, 6.45) is -0.529. The first-order valence-electron chi connectivity index (χ1n) is 8.56. The predicted molar refractivity (Wildman–Crippen MR) is 99.8 cm³/mol. The number of benzene rings is 2. The molecule has 0 radical (unpaired) electrons. The van der Waals surface area contributed by atoms with Crippen molar-refractivity contribution >= 4 is 23.2 Å². The van der Waals surface area contributed by atoms with Crippen LogP contribution in [-0.2, 0) is 9.59 Å². The van der Waals surface area contributed by atoms with Gasteiger partial charge in [-0.3, -0.25) is 9.59 Å². The van der Waals surface area contributed by atoms with Crippen molar-refractivity contribution in [1.82, 2.24) is 0 Å². The molecule has 1 aliphatic rings. The number of hydrogen-bond acceptors (Lipinski definition) is 4. The lowest BCUT2D eigenvalue weighted by atomic mass is 10.0. The smallest absolute Gasteiger partial charge is 0.265 e. The standard InChI is InChI=1S/C20H22N2O4/c1-12(2)14-4-7-16(8-5-14)25-11-19(23)21-15-6-9-18-17(10-15)22-20(24)13(3)26-18/h4-10,12-13H,11H2,1-3H3,(H,21,23)(H,22,24). The maximum atomic E-state index is 12.1. The zero-order valence-corrected chi connectivity index (χ0v) is 15.0.